The molecule has 0 saturated carbocycles. The number of thiophene rings is 1. The quantitative estimate of drug-likeness (QED) is 0.728. The van der Waals surface area contributed by atoms with E-state index in [0.717, 1.165) is 13.0 Å². The van der Waals surface area contributed by atoms with Crippen LogP contribution in [0.3, 0.4) is 0 Å². The first-order valence-corrected chi connectivity index (χ1v) is 6.95. The number of halogens is 1. The van der Waals surface area contributed by atoms with Gasteiger partial charge in [0.05, 0.1) is 6.10 Å². The lowest BCUT2D eigenvalue weighted by Crippen LogP contribution is -2.08. The molecule has 0 bridgehead atoms. The number of fused-ring (bicyclic) bond motifs is 1. The van der Waals surface area contributed by atoms with Crippen molar-refractivity contribution in [2.75, 3.05) is 12.5 Å². The molecule has 84 valence electrons. The molecule has 2 heterocycles. The van der Waals surface area contributed by atoms with E-state index in [4.69, 9.17) is 16.3 Å². The second kappa shape index (κ2) is 4.36. The van der Waals surface area contributed by atoms with E-state index in [1.165, 1.54) is 15.6 Å². The van der Waals surface area contributed by atoms with Crippen LogP contribution in [0.2, 0.25) is 0 Å². The van der Waals surface area contributed by atoms with Crippen molar-refractivity contribution >= 4 is 33.0 Å². The van der Waals surface area contributed by atoms with Gasteiger partial charge in [0.25, 0.3) is 0 Å². The van der Waals surface area contributed by atoms with Gasteiger partial charge in [-0.05, 0) is 28.8 Å². The maximum Gasteiger partial charge on any atom is 0.0879 e. The molecule has 1 aromatic carbocycles. The predicted molar refractivity (Wildman–Crippen MR) is 69.3 cm³/mol. The highest BCUT2D eigenvalue weighted by Gasteiger charge is 2.30. The van der Waals surface area contributed by atoms with Gasteiger partial charge in [-0.2, -0.15) is 0 Å². The van der Waals surface area contributed by atoms with E-state index in [1.54, 1.807) is 11.3 Å². The van der Waals surface area contributed by atoms with Gasteiger partial charge in [-0.25, -0.2) is 0 Å². The van der Waals surface area contributed by atoms with Crippen molar-refractivity contribution in [1.82, 2.24) is 0 Å². The van der Waals surface area contributed by atoms with Crippen LogP contribution in [-0.4, -0.2) is 12.5 Å². The Morgan fingerprint density at radius 3 is 3.12 bits per heavy atom. The average molecular weight is 253 g/mol. The van der Waals surface area contributed by atoms with Gasteiger partial charge in [0.2, 0.25) is 0 Å². The third-order valence-corrected chi connectivity index (χ3v) is 4.61. The number of alkyl halides is 1. The highest BCUT2D eigenvalue weighted by Crippen LogP contribution is 2.40. The summed E-state index contributed by atoms with van der Waals surface area (Å²) in [6.07, 6.45) is 1.28. The maximum absolute atomic E-state index is 5.99. The summed E-state index contributed by atoms with van der Waals surface area (Å²) in [6, 6.07) is 8.50. The Kier molecular flexibility index (Phi) is 2.88. The SMILES string of the molecule is ClCC1CCOC1c1csc2ccccc12. The minimum absolute atomic E-state index is 0.202. The van der Waals surface area contributed by atoms with E-state index in [9.17, 15) is 0 Å². The lowest BCUT2D eigenvalue weighted by Gasteiger charge is -2.15. The van der Waals surface area contributed by atoms with Crippen molar-refractivity contribution in [1.29, 1.82) is 0 Å². The van der Waals surface area contributed by atoms with Gasteiger partial charge in [-0.15, -0.1) is 22.9 Å². The molecule has 1 aromatic heterocycles. The molecule has 0 N–H and O–H groups in total. The van der Waals surface area contributed by atoms with Crippen LogP contribution in [0.25, 0.3) is 10.1 Å². The van der Waals surface area contributed by atoms with Crippen LogP contribution in [0.1, 0.15) is 18.1 Å². The Labute approximate surface area is 104 Å². The first kappa shape index (κ1) is 10.6. The molecule has 1 aliphatic heterocycles. The molecule has 0 aliphatic carbocycles. The smallest absolute Gasteiger partial charge is 0.0879 e. The minimum Gasteiger partial charge on any atom is -0.373 e. The van der Waals surface area contributed by atoms with Crippen molar-refractivity contribution in [3.8, 4) is 0 Å². The summed E-state index contributed by atoms with van der Waals surface area (Å²) in [7, 11) is 0. The third kappa shape index (κ3) is 1.65. The van der Waals surface area contributed by atoms with Gasteiger partial charge < -0.3 is 4.74 Å². The standard InChI is InChI=1S/C13H13ClOS/c14-7-9-5-6-15-13(9)11-8-16-12-4-2-1-3-10(11)12/h1-4,8-9,13H,5-7H2. The Balaban J connectivity index is 2.05. The molecule has 16 heavy (non-hydrogen) atoms. The fourth-order valence-corrected chi connectivity index (χ4v) is 3.66. The highest BCUT2D eigenvalue weighted by atomic mass is 35.5. The van der Waals surface area contributed by atoms with Gasteiger partial charge >= 0.3 is 0 Å². The summed E-state index contributed by atoms with van der Waals surface area (Å²) in [5, 5.41) is 3.55. The monoisotopic (exact) mass is 252 g/mol. The van der Waals surface area contributed by atoms with Crippen LogP contribution in [-0.2, 0) is 4.74 Å². The first-order chi connectivity index (χ1) is 7.90. The average Bonchev–Trinajstić information content (AvgIpc) is 2.94. The van der Waals surface area contributed by atoms with E-state index in [-0.39, 0.29) is 6.10 Å². The zero-order chi connectivity index (χ0) is 11.0. The Bertz CT molecular complexity index is 493. The number of ether oxygens (including phenoxy) is 1. The number of hydrogen-bond donors (Lipinski definition) is 0. The lowest BCUT2D eigenvalue weighted by atomic mass is 9.97. The number of benzene rings is 1. The predicted octanol–water partition coefficient (Wildman–Crippen LogP) is 4.22. The summed E-state index contributed by atoms with van der Waals surface area (Å²) in [4.78, 5) is 0. The van der Waals surface area contributed by atoms with Gasteiger partial charge in [-0.3, -0.25) is 0 Å². The fraction of sp³-hybridized carbons (Fsp3) is 0.385. The molecule has 2 atom stereocenters. The van der Waals surface area contributed by atoms with Gasteiger partial charge in [0.1, 0.15) is 0 Å². The molecule has 0 radical (unpaired) electrons. The normalized spacial score (nSPS) is 25.3. The van der Waals surface area contributed by atoms with Crippen LogP contribution >= 0.6 is 22.9 Å². The van der Waals surface area contributed by atoms with E-state index in [2.05, 4.69) is 29.6 Å². The lowest BCUT2D eigenvalue weighted by molar-refractivity contribution is 0.0966. The zero-order valence-corrected chi connectivity index (χ0v) is 10.4. The summed E-state index contributed by atoms with van der Waals surface area (Å²) >= 11 is 7.78. The van der Waals surface area contributed by atoms with Gasteiger partial charge in [-0.1, -0.05) is 18.2 Å². The van der Waals surface area contributed by atoms with E-state index >= 15 is 0 Å². The van der Waals surface area contributed by atoms with Crippen LogP contribution < -0.4 is 0 Å². The second-order valence-corrected chi connectivity index (χ2v) is 5.40. The van der Waals surface area contributed by atoms with E-state index in [1.807, 2.05) is 0 Å². The summed E-state index contributed by atoms with van der Waals surface area (Å²) in [5.74, 6) is 1.16. The fourth-order valence-electron chi connectivity index (χ4n) is 2.35. The van der Waals surface area contributed by atoms with Crippen molar-refractivity contribution in [3.63, 3.8) is 0 Å². The Morgan fingerprint density at radius 1 is 1.38 bits per heavy atom. The van der Waals surface area contributed by atoms with Crippen LogP contribution in [0.5, 0.6) is 0 Å². The van der Waals surface area contributed by atoms with Crippen molar-refractivity contribution < 1.29 is 4.74 Å². The topological polar surface area (TPSA) is 9.23 Å². The molecule has 1 fully saturated rings. The molecule has 1 nitrogen and oxygen atoms in total. The van der Waals surface area contributed by atoms with Crippen molar-refractivity contribution in [3.05, 3.63) is 35.2 Å². The summed E-state index contributed by atoms with van der Waals surface area (Å²) in [5.41, 5.74) is 1.32. The molecular weight excluding hydrogens is 240 g/mol. The van der Waals surface area contributed by atoms with Gasteiger partial charge in [0.15, 0.2) is 0 Å². The number of hydrogen-bond acceptors (Lipinski definition) is 2. The molecule has 1 saturated heterocycles. The van der Waals surface area contributed by atoms with Crippen molar-refractivity contribution in [2.24, 2.45) is 5.92 Å². The maximum atomic E-state index is 5.99. The van der Waals surface area contributed by atoms with Gasteiger partial charge in [0, 0.05) is 23.1 Å². The first-order valence-electron chi connectivity index (χ1n) is 5.54. The molecule has 3 heteroatoms. The highest BCUT2D eigenvalue weighted by molar-refractivity contribution is 7.17. The summed E-state index contributed by atoms with van der Waals surface area (Å²) < 4.78 is 7.17. The van der Waals surface area contributed by atoms with E-state index in [0.29, 0.717) is 11.8 Å². The molecular formula is C13H13ClOS. The Hall–Kier alpha value is -0.570. The Morgan fingerprint density at radius 2 is 2.25 bits per heavy atom. The molecule has 2 aromatic rings. The van der Waals surface area contributed by atoms with E-state index < -0.39 is 0 Å². The van der Waals surface area contributed by atoms with Crippen LogP contribution in [0, 0.1) is 5.92 Å². The molecule has 0 amide bonds. The molecule has 2 unspecified atom stereocenters. The molecule has 1 aliphatic rings. The third-order valence-electron chi connectivity index (χ3n) is 3.23. The van der Waals surface area contributed by atoms with Crippen LogP contribution in [0.15, 0.2) is 29.6 Å². The molecule has 3 rings (SSSR count). The zero-order valence-electron chi connectivity index (χ0n) is 8.86. The largest absolute Gasteiger partial charge is 0.373 e. The van der Waals surface area contributed by atoms with Crippen LogP contribution in [0.4, 0.5) is 0 Å². The number of rotatable bonds is 2. The summed E-state index contributed by atoms with van der Waals surface area (Å²) in [6.45, 7) is 0.840. The molecule has 0 spiro atoms. The second-order valence-electron chi connectivity index (χ2n) is 4.18. The minimum atomic E-state index is 0.202. The van der Waals surface area contributed by atoms with Crippen molar-refractivity contribution in [2.45, 2.75) is 12.5 Å².